The number of anilines is 1. The second-order valence-electron chi connectivity index (χ2n) is 5.84. The minimum atomic E-state index is 0.155. The van der Waals surface area contributed by atoms with Crippen molar-refractivity contribution in [3.05, 3.63) is 53.0 Å². The second kappa shape index (κ2) is 6.87. The number of benzene rings is 1. The van der Waals surface area contributed by atoms with E-state index in [1.807, 2.05) is 37.1 Å². The van der Waals surface area contributed by atoms with E-state index < -0.39 is 0 Å². The van der Waals surface area contributed by atoms with Crippen LogP contribution in [0.2, 0.25) is 0 Å². The van der Waals surface area contributed by atoms with Crippen molar-refractivity contribution in [2.45, 2.75) is 32.7 Å². The predicted molar refractivity (Wildman–Crippen MR) is 90.4 cm³/mol. The number of carbonyl (C=O) groups is 1. The standard InChI is InChI=1S/C18H22N4O/c1-13-15-8-9-17(23)22(11-10-14-6-4-3-5-7-14)18(15)21-16(20-13)12-19-2/h3-7,19H,8-12H2,1-2H3. The summed E-state index contributed by atoms with van der Waals surface area (Å²) in [5.41, 5.74) is 3.32. The van der Waals surface area contributed by atoms with Crippen LogP contribution in [0.25, 0.3) is 0 Å². The van der Waals surface area contributed by atoms with Crippen molar-refractivity contribution in [1.82, 2.24) is 15.3 Å². The lowest BCUT2D eigenvalue weighted by molar-refractivity contribution is -0.118. The average Bonchev–Trinajstić information content (AvgIpc) is 2.55. The van der Waals surface area contributed by atoms with Crippen LogP contribution in [0.3, 0.4) is 0 Å². The molecule has 0 saturated heterocycles. The number of carbonyl (C=O) groups excluding carboxylic acids is 1. The van der Waals surface area contributed by atoms with E-state index in [0.717, 1.165) is 35.7 Å². The van der Waals surface area contributed by atoms with Crippen LogP contribution in [0.5, 0.6) is 0 Å². The van der Waals surface area contributed by atoms with E-state index in [1.54, 1.807) is 0 Å². The Kier molecular flexibility index (Phi) is 4.67. The van der Waals surface area contributed by atoms with Gasteiger partial charge in [-0.3, -0.25) is 9.69 Å². The molecule has 120 valence electrons. The Bertz CT molecular complexity index is 700. The first-order chi connectivity index (χ1) is 11.2. The Morgan fingerprint density at radius 3 is 2.70 bits per heavy atom. The molecule has 2 heterocycles. The lowest BCUT2D eigenvalue weighted by atomic mass is 10.0. The number of fused-ring (bicyclic) bond motifs is 1. The van der Waals surface area contributed by atoms with Crippen molar-refractivity contribution >= 4 is 11.7 Å². The van der Waals surface area contributed by atoms with Crippen LogP contribution >= 0.6 is 0 Å². The van der Waals surface area contributed by atoms with Gasteiger partial charge in [0.15, 0.2) is 0 Å². The molecule has 2 aromatic rings. The molecule has 3 rings (SSSR count). The maximum atomic E-state index is 12.4. The molecule has 0 radical (unpaired) electrons. The van der Waals surface area contributed by atoms with Gasteiger partial charge in [0.2, 0.25) is 5.91 Å². The van der Waals surface area contributed by atoms with E-state index >= 15 is 0 Å². The number of aryl methyl sites for hydroxylation is 1. The molecule has 1 aliphatic heterocycles. The molecule has 1 aliphatic rings. The van der Waals surface area contributed by atoms with Gasteiger partial charge in [0.1, 0.15) is 11.6 Å². The van der Waals surface area contributed by atoms with E-state index in [1.165, 1.54) is 5.56 Å². The molecule has 1 amide bonds. The molecule has 1 N–H and O–H groups in total. The Hall–Kier alpha value is -2.27. The zero-order chi connectivity index (χ0) is 16.2. The van der Waals surface area contributed by atoms with Gasteiger partial charge in [-0.25, -0.2) is 9.97 Å². The SMILES string of the molecule is CNCc1nc(C)c2c(n1)N(CCc1ccccc1)C(=O)CC2. The number of hydrogen-bond acceptors (Lipinski definition) is 4. The van der Waals surface area contributed by atoms with Crippen molar-refractivity contribution in [3.8, 4) is 0 Å². The number of hydrogen-bond donors (Lipinski definition) is 1. The van der Waals surface area contributed by atoms with Crippen LogP contribution in [0, 0.1) is 6.92 Å². The molecule has 0 spiro atoms. The third kappa shape index (κ3) is 3.40. The van der Waals surface area contributed by atoms with Gasteiger partial charge in [-0.15, -0.1) is 0 Å². The first kappa shape index (κ1) is 15.6. The summed E-state index contributed by atoms with van der Waals surface area (Å²) >= 11 is 0. The molecule has 0 bridgehead atoms. The Morgan fingerprint density at radius 1 is 1.17 bits per heavy atom. The molecule has 23 heavy (non-hydrogen) atoms. The molecular weight excluding hydrogens is 288 g/mol. The number of nitrogens with zero attached hydrogens (tertiary/aromatic N) is 3. The van der Waals surface area contributed by atoms with Crippen molar-refractivity contribution < 1.29 is 4.79 Å². The zero-order valence-electron chi connectivity index (χ0n) is 13.7. The summed E-state index contributed by atoms with van der Waals surface area (Å²) in [6, 6.07) is 10.2. The first-order valence-electron chi connectivity index (χ1n) is 8.04. The summed E-state index contributed by atoms with van der Waals surface area (Å²) in [4.78, 5) is 23.4. The minimum Gasteiger partial charge on any atom is -0.313 e. The highest BCUT2D eigenvalue weighted by Crippen LogP contribution is 2.28. The van der Waals surface area contributed by atoms with Crippen LogP contribution in [0.1, 0.15) is 29.1 Å². The van der Waals surface area contributed by atoms with Crippen molar-refractivity contribution in [2.24, 2.45) is 0 Å². The zero-order valence-corrected chi connectivity index (χ0v) is 13.7. The van der Waals surface area contributed by atoms with Crippen LogP contribution in [-0.4, -0.2) is 29.5 Å². The monoisotopic (exact) mass is 310 g/mol. The number of aromatic nitrogens is 2. The second-order valence-corrected chi connectivity index (χ2v) is 5.84. The highest BCUT2D eigenvalue weighted by Gasteiger charge is 2.27. The molecular formula is C18H22N4O. The van der Waals surface area contributed by atoms with E-state index in [4.69, 9.17) is 0 Å². The summed E-state index contributed by atoms with van der Waals surface area (Å²) in [6.07, 6.45) is 2.11. The predicted octanol–water partition coefficient (Wildman–Crippen LogP) is 2.03. The lowest BCUT2D eigenvalue weighted by Crippen LogP contribution is -2.38. The summed E-state index contributed by atoms with van der Waals surface area (Å²) < 4.78 is 0. The topological polar surface area (TPSA) is 58.1 Å². The Morgan fingerprint density at radius 2 is 1.96 bits per heavy atom. The van der Waals surface area contributed by atoms with E-state index in [2.05, 4.69) is 27.4 Å². The van der Waals surface area contributed by atoms with Gasteiger partial charge in [0, 0.05) is 24.2 Å². The molecule has 0 fully saturated rings. The van der Waals surface area contributed by atoms with Crippen LogP contribution in [0.15, 0.2) is 30.3 Å². The lowest BCUT2D eigenvalue weighted by Gasteiger charge is -2.29. The number of amides is 1. The molecule has 1 aromatic heterocycles. The van der Waals surface area contributed by atoms with Crippen molar-refractivity contribution in [1.29, 1.82) is 0 Å². The van der Waals surface area contributed by atoms with Crippen LogP contribution in [-0.2, 0) is 24.2 Å². The van der Waals surface area contributed by atoms with E-state index in [9.17, 15) is 4.79 Å². The van der Waals surface area contributed by atoms with Crippen molar-refractivity contribution in [3.63, 3.8) is 0 Å². The highest BCUT2D eigenvalue weighted by molar-refractivity contribution is 5.95. The Labute approximate surface area is 136 Å². The quantitative estimate of drug-likeness (QED) is 0.918. The van der Waals surface area contributed by atoms with E-state index in [-0.39, 0.29) is 5.91 Å². The fourth-order valence-corrected chi connectivity index (χ4v) is 2.99. The maximum Gasteiger partial charge on any atom is 0.228 e. The highest BCUT2D eigenvalue weighted by atomic mass is 16.2. The third-order valence-corrected chi connectivity index (χ3v) is 4.19. The molecule has 5 nitrogen and oxygen atoms in total. The third-order valence-electron chi connectivity index (χ3n) is 4.19. The molecule has 0 saturated carbocycles. The van der Waals surface area contributed by atoms with Gasteiger partial charge >= 0.3 is 0 Å². The summed E-state index contributed by atoms with van der Waals surface area (Å²) in [5, 5.41) is 3.07. The molecule has 1 aromatic carbocycles. The fraction of sp³-hybridized carbons (Fsp3) is 0.389. The van der Waals surface area contributed by atoms with Crippen LogP contribution in [0.4, 0.5) is 5.82 Å². The maximum absolute atomic E-state index is 12.4. The average molecular weight is 310 g/mol. The van der Waals surface area contributed by atoms with Gasteiger partial charge in [-0.05, 0) is 32.4 Å². The smallest absolute Gasteiger partial charge is 0.228 e. The van der Waals surface area contributed by atoms with E-state index in [0.29, 0.717) is 19.5 Å². The van der Waals surface area contributed by atoms with Gasteiger partial charge in [-0.1, -0.05) is 30.3 Å². The molecule has 0 atom stereocenters. The van der Waals surface area contributed by atoms with Gasteiger partial charge in [0.05, 0.1) is 6.54 Å². The summed E-state index contributed by atoms with van der Waals surface area (Å²) in [7, 11) is 1.87. The number of rotatable bonds is 5. The Balaban J connectivity index is 1.87. The fourth-order valence-electron chi connectivity index (χ4n) is 2.99. The summed E-state index contributed by atoms with van der Waals surface area (Å²) in [6.45, 7) is 3.27. The molecule has 0 aliphatic carbocycles. The molecule has 5 heteroatoms. The normalized spacial score (nSPS) is 14.0. The first-order valence-corrected chi connectivity index (χ1v) is 8.04. The van der Waals surface area contributed by atoms with Gasteiger partial charge in [0.25, 0.3) is 0 Å². The summed E-state index contributed by atoms with van der Waals surface area (Å²) in [5.74, 6) is 1.69. The number of nitrogens with one attached hydrogen (secondary N) is 1. The minimum absolute atomic E-state index is 0.155. The van der Waals surface area contributed by atoms with Crippen LogP contribution < -0.4 is 10.2 Å². The van der Waals surface area contributed by atoms with Gasteiger partial charge < -0.3 is 5.32 Å². The largest absolute Gasteiger partial charge is 0.313 e. The van der Waals surface area contributed by atoms with Crippen molar-refractivity contribution in [2.75, 3.05) is 18.5 Å². The molecule has 0 unspecified atom stereocenters. The van der Waals surface area contributed by atoms with Gasteiger partial charge in [-0.2, -0.15) is 0 Å².